The Kier molecular flexibility index (Phi) is 3.13. The highest BCUT2D eigenvalue weighted by Gasteiger charge is 2.08. The molecule has 0 bridgehead atoms. The Morgan fingerprint density at radius 2 is 2.12 bits per heavy atom. The third kappa shape index (κ3) is 2.16. The van der Waals surface area contributed by atoms with Crippen LogP contribution in [-0.2, 0) is 0 Å². The number of nitrogens with one attached hydrogen (secondary N) is 1. The number of aryl methyl sites for hydroxylation is 1. The molecule has 0 spiro atoms. The average molecular weight is 234 g/mol. The number of hydrogen-bond acceptors (Lipinski definition) is 3. The van der Waals surface area contributed by atoms with Crippen molar-refractivity contribution in [1.29, 1.82) is 0 Å². The van der Waals surface area contributed by atoms with Gasteiger partial charge in [-0.15, -0.1) is 0 Å². The summed E-state index contributed by atoms with van der Waals surface area (Å²) in [5, 5.41) is 4.03. The first-order valence-electron chi connectivity index (χ1n) is 5.54. The molecule has 2 rings (SSSR count). The Labute approximate surface area is 99.6 Å². The van der Waals surface area contributed by atoms with Crippen molar-refractivity contribution in [2.45, 2.75) is 13.8 Å². The molecule has 0 atom stereocenters. The largest absolute Gasteiger partial charge is 0.494 e. The summed E-state index contributed by atoms with van der Waals surface area (Å²) in [5.74, 6) is 0.651. The molecule has 4 heteroatoms. The second-order valence-corrected chi connectivity index (χ2v) is 3.86. The highest BCUT2D eigenvalue weighted by Crippen LogP contribution is 2.26. The van der Waals surface area contributed by atoms with Crippen molar-refractivity contribution < 1.29 is 9.13 Å². The van der Waals surface area contributed by atoms with E-state index in [1.165, 1.54) is 13.2 Å². The van der Waals surface area contributed by atoms with E-state index in [9.17, 15) is 4.39 Å². The molecule has 0 radical (unpaired) electrons. The summed E-state index contributed by atoms with van der Waals surface area (Å²) in [4.78, 5) is 4.39. The first kappa shape index (κ1) is 11.6. The van der Waals surface area contributed by atoms with Crippen molar-refractivity contribution in [3.63, 3.8) is 0 Å². The molecular formula is C13H15FN2O. The van der Waals surface area contributed by atoms with E-state index < -0.39 is 0 Å². The summed E-state index contributed by atoms with van der Waals surface area (Å²) < 4.78 is 18.5. The summed E-state index contributed by atoms with van der Waals surface area (Å²) >= 11 is 0. The Bertz CT molecular complexity index is 555. The maximum absolute atomic E-state index is 13.6. The van der Waals surface area contributed by atoms with Gasteiger partial charge in [0.1, 0.15) is 5.82 Å². The number of fused-ring (bicyclic) bond motifs is 1. The van der Waals surface area contributed by atoms with Crippen LogP contribution >= 0.6 is 0 Å². The molecule has 1 N–H and O–H groups in total. The molecular weight excluding hydrogens is 219 g/mol. The second-order valence-electron chi connectivity index (χ2n) is 3.86. The van der Waals surface area contributed by atoms with Gasteiger partial charge in [0, 0.05) is 18.0 Å². The van der Waals surface area contributed by atoms with Crippen LogP contribution < -0.4 is 10.1 Å². The summed E-state index contributed by atoms with van der Waals surface area (Å²) in [7, 11) is 1.46. The van der Waals surface area contributed by atoms with Gasteiger partial charge in [0.25, 0.3) is 0 Å². The summed E-state index contributed by atoms with van der Waals surface area (Å²) in [6.45, 7) is 4.76. The molecule has 1 aromatic carbocycles. The fourth-order valence-corrected chi connectivity index (χ4v) is 1.78. The average Bonchev–Trinajstić information content (AvgIpc) is 2.30. The smallest absolute Gasteiger partial charge is 0.167 e. The van der Waals surface area contributed by atoms with Crippen molar-refractivity contribution in [2.24, 2.45) is 0 Å². The van der Waals surface area contributed by atoms with Crippen LogP contribution in [0.25, 0.3) is 10.9 Å². The van der Waals surface area contributed by atoms with E-state index in [-0.39, 0.29) is 11.6 Å². The van der Waals surface area contributed by atoms with Crippen LogP contribution in [0.2, 0.25) is 0 Å². The van der Waals surface area contributed by atoms with Gasteiger partial charge in [-0.3, -0.25) is 0 Å². The molecule has 1 heterocycles. The monoisotopic (exact) mass is 234 g/mol. The second kappa shape index (κ2) is 4.57. The van der Waals surface area contributed by atoms with E-state index in [0.29, 0.717) is 5.52 Å². The number of ether oxygens (including phenoxy) is 1. The Hall–Kier alpha value is -1.84. The number of rotatable bonds is 3. The Balaban J connectivity index is 2.62. The highest BCUT2D eigenvalue weighted by molar-refractivity contribution is 5.83. The maximum Gasteiger partial charge on any atom is 0.167 e. The Morgan fingerprint density at radius 1 is 1.35 bits per heavy atom. The van der Waals surface area contributed by atoms with E-state index in [1.807, 2.05) is 19.9 Å². The number of aromatic nitrogens is 1. The third-order valence-corrected chi connectivity index (χ3v) is 2.62. The summed E-state index contributed by atoms with van der Waals surface area (Å²) in [5.41, 5.74) is 1.66. The molecule has 2 aromatic rings. The molecule has 90 valence electrons. The van der Waals surface area contributed by atoms with Gasteiger partial charge in [-0.25, -0.2) is 9.37 Å². The molecule has 0 aliphatic heterocycles. The number of pyridine rings is 1. The minimum absolute atomic E-state index is 0.245. The van der Waals surface area contributed by atoms with Crippen molar-refractivity contribution in [3.8, 4) is 5.75 Å². The van der Waals surface area contributed by atoms with E-state index in [4.69, 9.17) is 4.74 Å². The third-order valence-electron chi connectivity index (χ3n) is 2.62. The van der Waals surface area contributed by atoms with Crippen molar-refractivity contribution in [2.75, 3.05) is 19.0 Å². The van der Waals surface area contributed by atoms with Crippen molar-refractivity contribution >= 4 is 16.7 Å². The normalized spacial score (nSPS) is 10.6. The minimum atomic E-state index is -0.390. The Morgan fingerprint density at radius 3 is 2.76 bits per heavy atom. The number of halogens is 1. The van der Waals surface area contributed by atoms with Crippen LogP contribution in [0.1, 0.15) is 12.5 Å². The first-order valence-corrected chi connectivity index (χ1v) is 5.54. The van der Waals surface area contributed by atoms with Gasteiger partial charge in [-0.2, -0.15) is 0 Å². The van der Waals surface area contributed by atoms with Crippen molar-refractivity contribution in [3.05, 3.63) is 29.6 Å². The van der Waals surface area contributed by atoms with E-state index in [0.717, 1.165) is 23.3 Å². The molecule has 1 aromatic heterocycles. The fraction of sp³-hybridized carbons (Fsp3) is 0.308. The maximum atomic E-state index is 13.6. The van der Waals surface area contributed by atoms with Crippen LogP contribution in [0.15, 0.2) is 18.2 Å². The lowest BCUT2D eigenvalue weighted by Crippen LogP contribution is -2.02. The number of methoxy groups -OCH3 is 1. The van der Waals surface area contributed by atoms with Crippen LogP contribution in [0, 0.1) is 12.7 Å². The highest BCUT2D eigenvalue weighted by atomic mass is 19.1. The van der Waals surface area contributed by atoms with Gasteiger partial charge >= 0.3 is 0 Å². The van der Waals surface area contributed by atoms with E-state index in [2.05, 4.69) is 10.3 Å². The molecule has 0 aliphatic rings. The van der Waals surface area contributed by atoms with Gasteiger partial charge < -0.3 is 10.1 Å². The predicted molar refractivity (Wildman–Crippen MR) is 67.2 cm³/mol. The predicted octanol–water partition coefficient (Wildman–Crippen LogP) is 3.12. The number of nitrogens with zero attached hydrogens (tertiary/aromatic N) is 1. The van der Waals surface area contributed by atoms with Gasteiger partial charge in [0.15, 0.2) is 11.6 Å². The number of benzene rings is 1. The fourth-order valence-electron chi connectivity index (χ4n) is 1.78. The number of hydrogen-bond donors (Lipinski definition) is 1. The molecule has 0 fully saturated rings. The number of anilines is 1. The van der Waals surface area contributed by atoms with Gasteiger partial charge in [-0.05, 0) is 31.5 Å². The van der Waals surface area contributed by atoms with Crippen LogP contribution in [0.5, 0.6) is 5.75 Å². The topological polar surface area (TPSA) is 34.2 Å². The van der Waals surface area contributed by atoms with E-state index >= 15 is 0 Å². The molecule has 0 aliphatic carbocycles. The zero-order chi connectivity index (χ0) is 12.4. The first-order chi connectivity index (χ1) is 8.15. The molecule has 0 unspecified atom stereocenters. The van der Waals surface area contributed by atoms with E-state index in [1.54, 1.807) is 6.07 Å². The molecule has 0 amide bonds. The minimum Gasteiger partial charge on any atom is -0.494 e. The summed E-state index contributed by atoms with van der Waals surface area (Å²) in [6, 6.07) is 5.04. The zero-order valence-corrected chi connectivity index (χ0v) is 10.2. The standard InChI is InChI=1S/C13H15FN2O/c1-4-15-13-8(2)5-9-6-12(17-3)10(14)7-11(9)16-13/h5-7H,4H2,1-3H3,(H,15,16). The quantitative estimate of drug-likeness (QED) is 0.886. The van der Waals surface area contributed by atoms with Crippen LogP contribution in [0.4, 0.5) is 10.2 Å². The summed E-state index contributed by atoms with van der Waals surface area (Å²) in [6.07, 6.45) is 0. The van der Waals surface area contributed by atoms with Gasteiger partial charge in [-0.1, -0.05) is 0 Å². The lowest BCUT2D eigenvalue weighted by atomic mass is 10.1. The van der Waals surface area contributed by atoms with Gasteiger partial charge in [0.05, 0.1) is 12.6 Å². The van der Waals surface area contributed by atoms with Crippen LogP contribution in [-0.4, -0.2) is 18.6 Å². The lowest BCUT2D eigenvalue weighted by Gasteiger charge is -2.09. The zero-order valence-electron chi connectivity index (χ0n) is 10.2. The molecule has 0 saturated heterocycles. The van der Waals surface area contributed by atoms with Crippen molar-refractivity contribution in [1.82, 2.24) is 4.98 Å². The van der Waals surface area contributed by atoms with Crippen LogP contribution in [0.3, 0.4) is 0 Å². The molecule has 0 saturated carbocycles. The lowest BCUT2D eigenvalue weighted by molar-refractivity contribution is 0.387. The molecule has 17 heavy (non-hydrogen) atoms. The molecule has 3 nitrogen and oxygen atoms in total. The SMILES string of the molecule is CCNc1nc2cc(F)c(OC)cc2cc1C. The van der Waals surface area contributed by atoms with Gasteiger partial charge in [0.2, 0.25) is 0 Å².